The minimum absolute atomic E-state index is 0.460. The van der Waals surface area contributed by atoms with Gasteiger partial charge in [0.25, 0.3) is 0 Å². The van der Waals surface area contributed by atoms with Crippen LogP contribution in [0.2, 0.25) is 0 Å². The molecule has 0 heterocycles. The zero-order chi connectivity index (χ0) is 13.5. The number of aliphatic carboxylic acids is 1. The number of rotatable bonds is 5. The maximum atomic E-state index is 11.3. The minimum Gasteiger partial charge on any atom is -0.480 e. The van der Waals surface area contributed by atoms with Crippen molar-refractivity contribution in [1.82, 2.24) is 10.6 Å². The first-order valence-electron chi connectivity index (χ1n) is 5.82. The highest BCUT2D eigenvalue weighted by Gasteiger charge is 2.12. The predicted octanol–water partition coefficient (Wildman–Crippen LogP) is 1.31. The van der Waals surface area contributed by atoms with Crippen molar-refractivity contribution >= 4 is 12.0 Å². The van der Waals surface area contributed by atoms with Gasteiger partial charge in [0.05, 0.1) is 0 Å². The highest BCUT2D eigenvalue weighted by Crippen LogP contribution is 2.06. The summed E-state index contributed by atoms with van der Waals surface area (Å²) in [5, 5.41) is 13.6. The molecule has 2 amide bonds. The fraction of sp³-hybridized carbons (Fsp3) is 0.385. The van der Waals surface area contributed by atoms with Crippen LogP contribution >= 0.6 is 0 Å². The highest BCUT2D eigenvalue weighted by molar-refractivity contribution is 5.82. The van der Waals surface area contributed by atoms with E-state index in [9.17, 15) is 9.59 Å². The largest absolute Gasteiger partial charge is 0.480 e. The second kappa shape index (κ2) is 6.64. The average Bonchev–Trinajstić information content (AvgIpc) is 2.31. The third kappa shape index (κ3) is 4.45. The van der Waals surface area contributed by atoms with E-state index >= 15 is 0 Å². The van der Waals surface area contributed by atoms with Crippen LogP contribution in [0.5, 0.6) is 0 Å². The van der Waals surface area contributed by atoms with Gasteiger partial charge >= 0.3 is 12.0 Å². The van der Waals surface area contributed by atoms with Gasteiger partial charge < -0.3 is 15.7 Å². The highest BCUT2D eigenvalue weighted by atomic mass is 16.4. The number of nitrogens with one attached hydrogen (secondary N) is 2. The third-order valence-electron chi connectivity index (χ3n) is 2.66. The lowest BCUT2D eigenvalue weighted by Crippen LogP contribution is -2.44. The van der Waals surface area contributed by atoms with Gasteiger partial charge in [-0.15, -0.1) is 0 Å². The molecule has 0 saturated heterocycles. The Morgan fingerprint density at radius 1 is 1.33 bits per heavy atom. The molecule has 0 aromatic heterocycles. The molecule has 18 heavy (non-hydrogen) atoms. The van der Waals surface area contributed by atoms with Crippen molar-refractivity contribution < 1.29 is 14.7 Å². The maximum Gasteiger partial charge on any atom is 0.325 e. The van der Waals surface area contributed by atoms with E-state index in [1.807, 2.05) is 31.2 Å². The molecule has 1 rings (SSSR count). The number of hydrogen-bond acceptors (Lipinski definition) is 2. The molecule has 0 saturated carbocycles. The lowest BCUT2D eigenvalue weighted by Gasteiger charge is -2.11. The van der Waals surface area contributed by atoms with Gasteiger partial charge in [0.1, 0.15) is 6.04 Å². The Bertz CT molecular complexity index is 432. The number of carboxylic acid groups (broad SMARTS) is 1. The molecule has 1 aromatic carbocycles. The first kappa shape index (κ1) is 14.0. The quantitative estimate of drug-likeness (QED) is 0.737. The van der Waals surface area contributed by atoms with E-state index < -0.39 is 18.0 Å². The molecule has 0 spiro atoms. The van der Waals surface area contributed by atoms with Gasteiger partial charge in [-0.25, -0.2) is 4.79 Å². The predicted molar refractivity (Wildman–Crippen MR) is 68.5 cm³/mol. The summed E-state index contributed by atoms with van der Waals surface area (Å²) in [7, 11) is 0. The summed E-state index contributed by atoms with van der Waals surface area (Å²) in [6, 6.07) is 6.60. The van der Waals surface area contributed by atoms with Crippen LogP contribution < -0.4 is 10.6 Å². The normalized spacial score (nSPS) is 11.7. The second-order valence-electron chi connectivity index (χ2n) is 4.14. The van der Waals surface area contributed by atoms with Gasteiger partial charge in [-0.2, -0.15) is 0 Å². The second-order valence-corrected chi connectivity index (χ2v) is 4.14. The topological polar surface area (TPSA) is 78.4 Å². The van der Waals surface area contributed by atoms with Crippen LogP contribution in [0.4, 0.5) is 4.79 Å². The molecule has 0 unspecified atom stereocenters. The molecular weight excluding hydrogens is 232 g/mol. The van der Waals surface area contributed by atoms with Gasteiger partial charge in [-0.1, -0.05) is 24.3 Å². The molecule has 5 heteroatoms. The van der Waals surface area contributed by atoms with Crippen LogP contribution in [0.15, 0.2) is 24.3 Å². The Balaban J connectivity index is 2.32. The van der Waals surface area contributed by atoms with Crippen LogP contribution in [0, 0.1) is 6.92 Å². The van der Waals surface area contributed by atoms with E-state index in [1.165, 1.54) is 18.1 Å². The van der Waals surface area contributed by atoms with E-state index in [0.29, 0.717) is 6.54 Å². The van der Waals surface area contributed by atoms with Crippen LogP contribution in [-0.4, -0.2) is 29.7 Å². The summed E-state index contributed by atoms with van der Waals surface area (Å²) < 4.78 is 0. The van der Waals surface area contributed by atoms with Crippen molar-refractivity contribution in [3.05, 3.63) is 35.4 Å². The molecule has 0 radical (unpaired) electrons. The molecule has 0 fully saturated rings. The van der Waals surface area contributed by atoms with Crippen LogP contribution in [0.3, 0.4) is 0 Å². The molecule has 98 valence electrons. The standard InChI is InChI=1S/C13H18N2O3/c1-9-5-3-4-6-11(9)7-8-14-13(18)15-10(2)12(16)17/h3-6,10H,7-8H2,1-2H3,(H,16,17)(H2,14,15,18)/t10-/m1/s1. The van der Waals surface area contributed by atoms with Gasteiger partial charge in [-0.05, 0) is 31.4 Å². The summed E-state index contributed by atoms with van der Waals surface area (Å²) in [6.45, 7) is 3.91. The Hall–Kier alpha value is -2.04. The first-order valence-corrected chi connectivity index (χ1v) is 5.82. The van der Waals surface area contributed by atoms with Gasteiger partial charge in [0.15, 0.2) is 0 Å². The van der Waals surface area contributed by atoms with Crippen molar-refractivity contribution in [2.75, 3.05) is 6.54 Å². The fourth-order valence-electron chi connectivity index (χ4n) is 1.51. The molecule has 0 aliphatic heterocycles. The summed E-state index contributed by atoms with van der Waals surface area (Å²) in [6.07, 6.45) is 0.724. The van der Waals surface area contributed by atoms with Crippen LogP contribution in [0.1, 0.15) is 18.1 Å². The lowest BCUT2D eigenvalue weighted by atomic mass is 10.1. The van der Waals surface area contributed by atoms with Gasteiger partial charge in [-0.3, -0.25) is 4.79 Å². The van der Waals surface area contributed by atoms with Gasteiger partial charge in [0.2, 0.25) is 0 Å². The third-order valence-corrected chi connectivity index (χ3v) is 2.66. The molecule has 0 aliphatic rings. The molecule has 1 atom stereocenters. The number of carbonyl (C=O) groups excluding carboxylic acids is 1. The van der Waals surface area contributed by atoms with Crippen molar-refractivity contribution in [3.63, 3.8) is 0 Å². The molecule has 5 nitrogen and oxygen atoms in total. The van der Waals surface area contributed by atoms with Crippen LogP contribution in [0.25, 0.3) is 0 Å². The van der Waals surface area contributed by atoms with Crippen molar-refractivity contribution in [2.45, 2.75) is 26.3 Å². The summed E-state index contributed by atoms with van der Waals surface area (Å²) in [5.41, 5.74) is 2.35. The number of aryl methyl sites for hydroxylation is 1. The Kier molecular flexibility index (Phi) is 5.17. The number of urea groups is 1. The number of hydrogen-bond donors (Lipinski definition) is 3. The molecule has 3 N–H and O–H groups in total. The molecule has 0 aliphatic carbocycles. The Morgan fingerprint density at radius 2 is 2.00 bits per heavy atom. The summed E-state index contributed by atoms with van der Waals surface area (Å²) >= 11 is 0. The SMILES string of the molecule is Cc1ccccc1CCNC(=O)N[C@H](C)C(=O)O. The smallest absolute Gasteiger partial charge is 0.325 e. The van der Waals surface area contributed by atoms with E-state index in [-0.39, 0.29) is 0 Å². The van der Waals surface area contributed by atoms with Crippen molar-refractivity contribution in [1.29, 1.82) is 0 Å². The summed E-state index contributed by atoms with van der Waals surface area (Å²) in [4.78, 5) is 21.9. The van der Waals surface area contributed by atoms with Crippen molar-refractivity contribution in [3.8, 4) is 0 Å². The van der Waals surface area contributed by atoms with E-state index in [4.69, 9.17) is 5.11 Å². The number of amides is 2. The average molecular weight is 250 g/mol. The molecule has 1 aromatic rings. The van der Waals surface area contributed by atoms with E-state index in [1.54, 1.807) is 0 Å². The van der Waals surface area contributed by atoms with Crippen LogP contribution in [-0.2, 0) is 11.2 Å². The van der Waals surface area contributed by atoms with E-state index in [0.717, 1.165) is 6.42 Å². The van der Waals surface area contributed by atoms with Crippen molar-refractivity contribution in [2.24, 2.45) is 0 Å². The lowest BCUT2D eigenvalue weighted by molar-refractivity contribution is -0.138. The fourth-order valence-corrected chi connectivity index (χ4v) is 1.51. The summed E-state index contributed by atoms with van der Waals surface area (Å²) in [5.74, 6) is -1.05. The zero-order valence-corrected chi connectivity index (χ0v) is 10.6. The number of carbonyl (C=O) groups is 2. The minimum atomic E-state index is -1.05. The van der Waals surface area contributed by atoms with Gasteiger partial charge in [0, 0.05) is 6.54 Å². The number of carboxylic acids is 1. The Morgan fingerprint density at radius 3 is 2.61 bits per heavy atom. The first-order chi connectivity index (χ1) is 8.50. The maximum absolute atomic E-state index is 11.3. The Labute approximate surface area is 106 Å². The van der Waals surface area contributed by atoms with E-state index in [2.05, 4.69) is 10.6 Å². The molecule has 0 bridgehead atoms. The number of benzene rings is 1. The monoisotopic (exact) mass is 250 g/mol. The molecular formula is C13H18N2O3. The zero-order valence-electron chi connectivity index (χ0n) is 10.6.